The monoisotopic (exact) mass is 355 g/mol. The van der Waals surface area contributed by atoms with Gasteiger partial charge in [0.2, 0.25) is 0 Å². The third-order valence-electron chi connectivity index (χ3n) is 3.80. The molecule has 128 valence electrons. The molecule has 0 atom stereocenters. The van der Waals surface area contributed by atoms with Crippen LogP contribution in [0.1, 0.15) is 32.9 Å². The molecule has 0 aliphatic heterocycles. The Bertz CT molecular complexity index is 914. The number of carbonyl (C=O) groups excluding carboxylic acids is 1. The van der Waals surface area contributed by atoms with Crippen LogP contribution >= 0.6 is 11.6 Å². The van der Waals surface area contributed by atoms with Gasteiger partial charge in [0.15, 0.2) is 5.69 Å². The third kappa shape index (κ3) is 3.88. The molecule has 0 aliphatic carbocycles. The average Bonchev–Trinajstić information content (AvgIpc) is 2.93. The van der Waals surface area contributed by atoms with Crippen molar-refractivity contribution in [2.45, 2.75) is 27.4 Å². The van der Waals surface area contributed by atoms with Crippen molar-refractivity contribution in [3.8, 4) is 5.69 Å². The number of esters is 1. The van der Waals surface area contributed by atoms with Crippen molar-refractivity contribution in [3.05, 3.63) is 75.6 Å². The quantitative estimate of drug-likeness (QED) is 0.658. The summed E-state index contributed by atoms with van der Waals surface area (Å²) in [5.74, 6) is -0.506. The van der Waals surface area contributed by atoms with E-state index in [0.717, 1.165) is 22.4 Å². The second-order valence-electron chi connectivity index (χ2n) is 5.99. The molecule has 25 heavy (non-hydrogen) atoms. The van der Waals surface area contributed by atoms with E-state index in [1.165, 1.54) is 0 Å². The first-order valence-electron chi connectivity index (χ1n) is 7.86. The molecule has 3 aromatic rings. The van der Waals surface area contributed by atoms with Gasteiger partial charge in [-0.1, -0.05) is 35.0 Å². The summed E-state index contributed by atoms with van der Waals surface area (Å²) in [5, 5.41) is 8.70. The van der Waals surface area contributed by atoms with Crippen LogP contribution < -0.4 is 0 Å². The van der Waals surface area contributed by atoms with Crippen molar-refractivity contribution in [1.82, 2.24) is 15.0 Å². The molecule has 0 N–H and O–H groups in total. The summed E-state index contributed by atoms with van der Waals surface area (Å²) < 4.78 is 6.98. The van der Waals surface area contributed by atoms with Gasteiger partial charge in [-0.25, -0.2) is 9.48 Å². The highest BCUT2D eigenvalue weighted by molar-refractivity contribution is 6.30. The molecule has 2 aromatic carbocycles. The molecule has 0 saturated carbocycles. The Morgan fingerprint density at radius 1 is 1.12 bits per heavy atom. The standard InChI is InChI=1S/C19H18ClN3O2/c1-12-7-13(2)9-17(8-12)23-14(3)18(21-22-23)19(24)25-11-15-5-4-6-16(20)10-15/h4-10H,11H2,1-3H3. The largest absolute Gasteiger partial charge is 0.456 e. The summed E-state index contributed by atoms with van der Waals surface area (Å²) in [6, 6.07) is 13.3. The predicted octanol–water partition coefficient (Wildman–Crippen LogP) is 4.20. The van der Waals surface area contributed by atoms with Crippen LogP contribution in [0.3, 0.4) is 0 Å². The maximum absolute atomic E-state index is 12.3. The lowest BCUT2D eigenvalue weighted by atomic mass is 10.1. The smallest absolute Gasteiger partial charge is 0.361 e. The molecular formula is C19H18ClN3O2. The highest BCUT2D eigenvalue weighted by Gasteiger charge is 2.19. The van der Waals surface area contributed by atoms with Gasteiger partial charge in [0.05, 0.1) is 11.4 Å². The molecule has 0 spiro atoms. The number of carbonyl (C=O) groups is 1. The molecule has 1 heterocycles. The predicted molar refractivity (Wildman–Crippen MR) is 96.1 cm³/mol. The number of nitrogens with zero attached hydrogens (tertiary/aromatic N) is 3. The summed E-state index contributed by atoms with van der Waals surface area (Å²) in [4.78, 5) is 12.3. The van der Waals surface area contributed by atoms with Gasteiger partial charge < -0.3 is 4.74 Å². The number of hydrogen-bond acceptors (Lipinski definition) is 4. The molecule has 0 saturated heterocycles. The first-order chi connectivity index (χ1) is 11.9. The summed E-state index contributed by atoms with van der Waals surface area (Å²) >= 11 is 5.93. The van der Waals surface area contributed by atoms with Crippen LogP contribution in [-0.4, -0.2) is 21.0 Å². The molecule has 0 fully saturated rings. The minimum Gasteiger partial charge on any atom is -0.456 e. The van der Waals surface area contributed by atoms with E-state index < -0.39 is 5.97 Å². The number of halogens is 1. The highest BCUT2D eigenvalue weighted by atomic mass is 35.5. The van der Waals surface area contributed by atoms with Crippen LogP contribution in [0.2, 0.25) is 5.02 Å². The second-order valence-corrected chi connectivity index (χ2v) is 6.42. The highest BCUT2D eigenvalue weighted by Crippen LogP contribution is 2.17. The van der Waals surface area contributed by atoms with E-state index in [1.54, 1.807) is 23.7 Å². The van der Waals surface area contributed by atoms with Crippen molar-refractivity contribution >= 4 is 17.6 Å². The van der Waals surface area contributed by atoms with E-state index in [0.29, 0.717) is 10.7 Å². The van der Waals surface area contributed by atoms with Crippen LogP contribution in [0.5, 0.6) is 0 Å². The zero-order chi connectivity index (χ0) is 18.0. The van der Waals surface area contributed by atoms with Gasteiger partial charge in [0.1, 0.15) is 6.61 Å². The Morgan fingerprint density at radius 3 is 2.52 bits per heavy atom. The van der Waals surface area contributed by atoms with E-state index in [9.17, 15) is 4.79 Å². The summed E-state index contributed by atoms with van der Waals surface area (Å²) in [7, 11) is 0. The van der Waals surface area contributed by atoms with Crippen LogP contribution in [0.25, 0.3) is 5.69 Å². The molecule has 3 rings (SSSR count). The minimum absolute atomic E-state index is 0.134. The molecule has 0 unspecified atom stereocenters. The fourth-order valence-corrected chi connectivity index (χ4v) is 2.89. The zero-order valence-electron chi connectivity index (χ0n) is 14.3. The molecule has 5 nitrogen and oxygen atoms in total. The molecule has 6 heteroatoms. The second kappa shape index (κ2) is 7.07. The summed E-state index contributed by atoms with van der Waals surface area (Å²) in [5.41, 5.74) is 4.78. The van der Waals surface area contributed by atoms with Crippen molar-refractivity contribution in [1.29, 1.82) is 0 Å². The number of rotatable bonds is 4. The SMILES string of the molecule is Cc1cc(C)cc(-n2nnc(C(=O)OCc3cccc(Cl)c3)c2C)c1. The maximum Gasteiger partial charge on any atom is 0.361 e. The zero-order valence-corrected chi connectivity index (χ0v) is 15.0. The lowest BCUT2D eigenvalue weighted by Crippen LogP contribution is -2.08. The van der Waals surface area contributed by atoms with Crippen molar-refractivity contribution in [2.24, 2.45) is 0 Å². The molecule has 1 aromatic heterocycles. The fraction of sp³-hybridized carbons (Fsp3) is 0.211. The first kappa shape index (κ1) is 17.2. The van der Waals surface area contributed by atoms with Gasteiger partial charge in [-0.05, 0) is 61.7 Å². The lowest BCUT2D eigenvalue weighted by Gasteiger charge is -2.07. The molecule has 0 amide bonds. The van der Waals surface area contributed by atoms with Crippen LogP contribution in [-0.2, 0) is 11.3 Å². The Morgan fingerprint density at radius 2 is 1.84 bits per heavy atom. The Kier molecular flexibility index (Phi) is 4.86. The third-order valence-corrected chi connectivity index (χ3v) is 4.03. The van der Waals surface area contributed by atoms with Crippen molar-refractivity contribution in [3.63, 3.8) is 0 Å². The van der Waals surface area contributed by atoms with Gasteiger partial charge in [0, 0.05) is 5.02 Å². The van der Waals surface area contributed by atoms with Crippen molar-refractivity contribution < 1.29 is 9.53 Å². The lowest BCUT2D eigenvalue weighted by molar-refractivity contribution is 0.0464. The van der Waals surface area contributed by atoms with Crippen LogP contribution in [0, 0.1) is 20.8 Å². The van der Waals surface area contributed by atoms with Gasteiger partial charge in [-0.3, -0.25) is 0 Å². The topological polar surface area (TPSA) is 57.0 Å². The minimum atomic E-state index is -0.506. The average molecular weight is 356 g/mol. The van der Waals surface area contributed by atoms with Gasteiger partial charge >= 0.3 is 5.97 Å². The van der Waals surface area contributed by atoms with Gasteiger partial charge in [-0.15, -0.1) is 5.10 Å². The van der Waals surface area contributed by atoms with Crippen LogP contribution in [0.4, 0.5) is 0 Å². The van der Waals surface area contributed by atoms with Gasteiger partial charge in [0.25, 0.3) is 0 Å². The molecule has 0 aliphatic rings. The van der Waals surface area contributed by atoms with E-state index in [4.69, 9.17) is 16.3 Å². The number of hydrogen-bond donors (Lipinski definition) is 0. The Hall–Kier alpha value is -2.66. The first-order valence-corrected chi connectivity index (χ1v) is 8.24. The summed E-state index contributed by atoms with van der Waals surface area (Å²) in [6.07, 6.45) is 0. The summed E-state index contributed by atoms with van der Waals surface area (Å²) in [6.45, 7) is 5.97. The van der Waals surface area contributed by atoms with E-state index in [2.05, 4.69) is 16.4 Å². The molecular weight excluding hydrogens is 338 g/mol. The van der Waals surface area contributed by atoms with E-state index in [-0.39, 0.29) is 12.3 Å². The van der Waals surface area contributed by atoms with Crippen molar-refractivity contribution in [2.75, 3.05) is 0 Å². The number of aryl methyl sites for hydroxylation is 2. The van der Waals surface area contributed by atoms with E-state index >= 15 is 0 Å². The number of benzene rings is 2. The van der Waals surface area contributed by atoms with Gasteiger partial charge in [-0.2, -0.15) is 0 Å². The fourth-order valence-electron chi connectivity index (χ4n) is 2.68. The Labute approximate surface area is 151 Å². The van der Waals surface area contributed by atoms with E-state index in [1.807, 2.05) is 38.1 Å². The maximum atomic E-state index is 12.3. The normalized spacial score (nSPS) is 10.7. The Balaban J connectivity index is 1.79. The van der Waals surface area contributed by atoms with Crippen LogP contribution in [0.15, 0.2) is 42.5 Å². The number of ether oxygens (including phenoxy) is 1. The number of aromatic nitrogens is 3. The molecule has 0 radical (unpaired) electrons. The molecule has 0 bridgehead atoms.